The summed E-state index contributed by atoms with van der Waals surface area (Å²) in [6.45, 7) is 2.27. The molecule has 0 aromatic heterocycles. The molecular formula is C24H25P. The summed E-state index contributed by atoms with van der Waals surface area (Å²) in [4.78, 5) is 0. The summed E-state index contributed by atoms with van der Waals surface area (Å²) in [6.07, 6.45) is 6.03. The summed E-state index contributed by atoms with van der Waals surface area (Å²) in [5.41, 5.74) is 1.30. The Bertz CT molecular complexity index is 737. The van der Waals surface area contributed by atoms with E-state index >= 15 is 0 Å². The van der Waals surface area contributed by atoms with Crippen molar-refractivity contribution in [1.82, 2.24) is 0 Å². The fraction of sp³-hybridized carbons (Fsp3) is 0.167. The van der Waals surface area contributed by atoms with Crippen LogP contribution in [0.2, 0.25) is 0 Å². The maximum Gasteiger partial charge on any atom is -0.0154 e. The summed E-state index contributed by atoms with van der Waals surface area (Å²) >= 11 is 0. The Morgan fingerprint density at radius 1 is 0.720 bits per heavy atom. The predicted octanol–water partition coefficient (Wildman–Crippen LogP) is 6.35. The van der Waals surface area contributed by atoms with Crippen LogP contribution < -0.4 is 10.6 Å². The summed E-state index contributed by atoms with van der Waals surface area (Å²) in [7, 11) is -0.488. The first-order valence-corrected chi connectivity index (χ1v) is 10.4. The Labute approximate surface area is 153 Å². The highest BCUT2D eigenvalue weighted by Gasteiger charge is 2.18. The Morgan fingerprint density at radius 2 is 1.20 bits per heavy atom. The van der Waals surface area contributed by atoms with Gasteiger partial charge in [-0.3, -0.25) is 0 Å². The Balaban J connectivity index is 2.08. The number of benzene rings is 3. The van der Waals surface area contributed by atoms with Gasteiger partial charge in [0.15, 0.2) is 0 Å². The van der Waals surface area contributed by atoms with Gasteiger partial charge in [-0.2, -0.15) is 0 Å². The molecule has 126 valence electrons. The third-order valence-corrected chi connectivity index (χ3v) is 6.79. The second-order valence-electron chi connectivity index (χ2n) is 6.16. The molecular weight excluding hydrogens is 319 g/mol. The van der Waals surface area contributed by atoms with E-state index in [2.05, 4.69) is 104 Å². The van der Waals surface area contributed by atoms with Crippen molar-refractivity contribution in [3.8, 4) is 0 Å². The van der Waals surface area contributed by atoms with Crippen molar-refractivity contribution in [1.29, 1.82) is 0 Å². The van der Waals surface area contributed by atoms with Crippen molar-refractivity contribution < 1.29 is 0 Å². The first kappa shape index (κ1) is 17.6. The van der Waals surface area contributed by atoms with Gasteiger partial charge < -0.3 is 0 Å². The zero-order chi connectivity index (χ0) is 17.3. The standard InChI is InChI=1S/C24H25P/c1-2-3-15-24(20-21-13-7-4-8-14-21)25(22-16-9-5-10-17-22)23-18-11-6-12-19-23/h4-14,16-20H,2-3,15H2,1H3/b24-20-. The fourth-order valence-electron chi connectivity index (χ4n) is 2.98. The quantitative estimate of drug-likeness (QED) is 0.438. The Kier molecular flexibility index (Phi) is 6.60. The van der Waals surface area contributed by atoms with Gasteiger partial charge in [-0.1, -0.05) is 110 Å². The Hall–Kier alpha value is -2.17. The largest absolute Gasteiger partial charge is 0.0654 e. The van der Waals surface area contributed by atoms with Gasteiger partial charge in [0.2, 0.25) is 0 Å². The molecule has 0 nitrogen and oxygen atoms in total. The second-order valence-corrected chi connectivity index (χ2v) is 8.43. The monoisotopic (exact) mass is 344 g/mol. The molecule has 0 fully saturated rings. The van der Waals surface area contributed by atoms with Crippen LogP contribution in [-0.4, -0.2) is 0 Å². The van der Waals surface area contributed by atoms with Crippen molar-refractivity contribution in [3.63, 3.8) is 0 Å². The zero-order valence-corrected chi connectivity index (χ0v) is 15.7. The summed E-state index contributed by atoms with van der Waals surface area (Å²) in [6, 6.07) is 32.7. The average molecular weight is 344 g/mol. The van der Waals surface area contributed by atoms with Gasteiger partial charge in [0.1, 0.15) is 0 Å². The molecule has 0 unspecified atom stereocenters. The van der Waals surface area contributed by atoms with E-state index in [1.54, 1.807) is 5.31 Å². The van der Waals surface area contributed by atoms with Gasteiger partial charge >= 0.3 is 0 Å². The number of hydrogen-bond donors (Lipinski definition) is 0. The summed E-state index contributed by atoms with van der Waals surface area (Å²) < 4.78 is 0. The molecule has 3 aromatic rings. The molecule has 0 bridgehead atoms. The van der Waals surface area contributed by atoms with Crippen LogP contribution in [0.1, 0.15) is 31.7 Å². The van der Waals surface area contributed by atoms with Crippen molar-refractivity contribution >= 4 is 24.6 Å². The van der Waals surface area contributed by atoms with Gasteiger partial charge in [-0.25, -0.2) is 0 Å². The average Bonchev–Trinajstić information content (AvgIpc) is 2.69. The lowest BCUT2D eigenvalue weighted by Crippen LogP contribution is -2.13. The van der Waals surface area contributed by atoms with Crippen LogP contribution in [0.3, 0.4) is 0 Å². The third kappa shape index (κ3) is 4.91. The first-order chi connectivity index (χ1) is 12.4. The van der Waals surface area contributed by atoms with Crippen LogP contribution in [0.5, 0.6) is 0 Å². The molecule has 1 heteroatoms. The van der Waals surface area contributed by atoms with E-state index in [-0.39, 0.29) is 0 Å². The van der Waals surface area contributed by atoms with Crippen LogP contribution in [0, 0.1) is 0 Å². The van der Waals surface area contributed by atoms with Crippen molar-refractivity contribution in [2.75, 3.05) is 0 Å². The predicted molar refractivity (Wildman–Crippen MR) is 113 cm³/mol. The van der Waals surface area contributed by atoms with Gasteiger partial charge in [0.05, 0.1) is 0 Å². The zero-order valence-electron chi connectivity index (χ0n) is 14.8. The third-order valence-electron chi connectivity index (χ3n) is 4.24. The molecule has 0 aliphatic heterocycles. The van der Waals surface area contributed by atoms with Gasteiger partial charge in [0.25, 0.3) is 0 Å². The topological polar surface area (TPSA) is 0 Å². The number of unbranched alkanes of at least 4 members (excludes halogenated alkanes) is 1. The lowest BCUT2D eigenvalue weighted by Gasteiger charge is -2.22. The minimum atomic E-state index is -0.488. The number of allylic oxidation sites excluding steroid dienone is 1. The number of hydrogen-bond acceptors (Lipinski definition) is 0. The smallest absolute Gasteiger partial charge is 0.0154 e. The lowest BCUT2D eigenvalue weighted by atomic mass is 10.1. The second kappa shape index (κ2) is 9.35. The summed E-state index contributed by atoms with van der Waals surface area (Å²) in [5, 5.41) is 4.42. The molecule has 25 heavy (non-hydrogen) atoms. The molecule has 0 saturated heterocycles. The van der Waals surface area contributed by atoms with Gasteiger partial charge in [-0.05, 0) is 42.2 Å². The van der Waals surface area contributed by atoms with Gasteiger partial charge in [0, 0.05) is 0 Å². The maximum absolute atomic E-state index is 2.42. The molecule has 0 saturated carbocycles. The molecule has 0 atom stereocenters. The minimum Gasteiger partial charge on any atom is -0.0654 e. The molecule has 0 heterocycles. The summed E-state index contributed by atoms with van der Waals surface area (Å²) in [5.74, 6) is 0. The minimum absolute atomic E-state index is 0.488. The molecule has 0 aliphatic rings. The highest BCUT2D eigenvalue weighted by atomic mass is 31.1. The van der Waals surface area contributed by atoms with Crippen molar-refractivity contribution in [3.05, 3.63) is 102 Å². The van der Waals surface area contributed by atoms with E-state index in [4.69, 9.17) is 0 Å². The Morgan fingerprint density at radius 3 is 1.68 bits per heavy atom. The van der Waals surface area contributed by atoms with E-state index in [1.165, 1.54) is 29.0 Å². The van der Waals surface area contributed by atoms with Crippen LogP contribution in [0.25, 0.3) is 6.08 Å². The maximum atomic E-state index is 2.42. The van der Waals surface area contributed by atoms with Crippen LogP contribution in [-0.2, 0) is 0 Å². The molecule has 0 N–H and O–H groups in total. The molecule has 0 amide bonds. The molecule has 0 radical (unpaired) electrons. The molecule has 3 rings (SSSR count). The van der Waals surface area contributed by atoms with Crippen molar-refractivity contribution in [2.45, 2.75) is 26.2 Å². The first-order valence-electron chi connectivity index (χ1n) is 9.04. The highest BCUT2D eigenvalue weighted by molar-refractivity contribution is 7.76. The van der Waals surface area contributed by atoms with Crippen LogP contribution in [0.4, 0.5) is 0 Å². The van der Waals surface area contributed by atoms with Crippen LogP contribution in [0.15, 0.2) is 96.3 Å². The van der Waals surface area contributed by atoms with E-state index in [0.717, 1.165) is 6.42 Å². The lowest BCUT2D eigenvalue weighted by molar-refractivity contribution is 0.810. The fourth-order valence-corrected chi connectivity index (χ4v) is 5.54. The molecule has 0 aliphatic carbocycles. The van der Waals surface area contributed by atoms with E-state index in [1.807, 2.05) is 0 Å². The van der Waals surface area contributed by atoms with E-state index in [0.29, 0.717) is 0 Å². The van der Waals surface area contributed by atoms with Crippen LogP contribution >= 0.6 is 7.92 Å². The number of rotatable bonds is 7. The SMILES string of the molecule is CCCC/C(=C/c1ccccc1)P(c1ccccc1)c1ccccc1. The highest BCUT2D eigenvalue weighted by Crippen LogP contribution is 2.46. The van der Waals surface area contributed by atoms with E-state index in [9.17, 15) is 0 Å². The van der Waals surface area contributed by atoms with Gasteiger partial charge in [-0.15, -0.1) is 0 Å². The van der Waals surface area contributed by atoms with E-state index < -0.39 is 7.92 Å². The van der Waals surface area contributed by atoms with Crippen molar-refractivity contribution in [2.24, 2.45) is 0 Å². The normalized spacial score (nSPS) is 11.7. The molecule has 3 aromatic carbocycles. The molecule has 0 spiro atoms.